The fraction of sp³-hybridized carbons (Fsp3) is 0.281. The molecule has 1 aromatic heterocycles. The van der Waals surface area contributed by atoms with Crippen LogP contribution in [-0.2, 0) is 14.3 Å². The van der Waals surface area contributed by atoms with Gasteiger partial charge in [0.05, 0.1) is 49.8 Å². The largest absolute Gasteiger partial charge is 0.497 e. The normalized spacial score (nSPS) is 17.0. The number of methoxy groups -OCH3 is 2. The minimum absolute atomic E-state index is 0.0961. The number of fused-ring (bicyclic) bond motifs is 1. The Bertz CT molecular complexity index is 1570. The van der Waals surface area contributed by atoms with Crippen molar-refractivity contribution in [1.82, 2.24) is 14.7 Å². The van der Waals surface area contributed by atoms with Crippen molar-refractivity contribution < 1.29 is 23.8 Å². The summed E-state index contributed by atoms with van der Waals surface area (Å²) in [5.41, 5.74) is 4.19. The molecule has 3 heterocycles. The molecule has 2 amide bonds. The summed E-state index contributed by atoms with van der Waals surface area (Å²) < 4.78 is 18.4. The summed E-state index contributed by atoms with van der Waals surface area (Å²) in [6, 6.07) is 25.3. The number of hydrogen-bond donors (Lipinski definition) is 0. The van der Waals surface area contributed by atoms with Crippen LogP contribution in [0.5, 0.6) is 11.5 Å². The van der Waals surface area contributed by atoms with E-state index in [1.165, 1.54) is 11.8 Å². The molecule has 216 valence electrons. The van der Waals surface area contributed by atoms with Crippen LogP contribution >= 0.6 is 11.8 Å². The first kappa shape index (κ1) is 27.9. The zero-order valence-electron chi connectivity index (χ0n) is 23.6. The number of benzene rings is 3. The number of nitrogens with zero attached hydrogens (tertiary/aromatic N) is 4. The second-order valence-electron chi connectivity index (χ2n) is 9.97. The minimum atomic E-state index is -0.286. The molecule has 0 spiro atoms. The highest BCUT2D eigenvalue weighted by atomic mass is 32.2. The van der Waals surface area contributed by atoms with Crippen LogP contribution in [0.25, 0.3) is 16.9 Å². The van der Waals surface area contributed by atoms with E-state index >= 15 is 0 Å². The number of para-hydroxylation sites is 1. The zero-order chi connectivity index (χ0) is 29.1. The van der Waals surface area contributed by atoms with E-state index in [-0.39, 0.29) is 29.4 Å². The third-order valence-corrected chi connectivity index (χ3v) is 8.77. The average Bonchev–Trinajstić information content (AvgIpc) is 3.38. The van der Waals surface area contributed by atoms with Crippen molar-refractivity contribution in [2.75, 3.05) is 57.7 Å². The zero-order valence-corrected chi connectivity index (χ0v) is 24.4. The third-order valence-electron chi connectivity index (χ3n) is 7.53. The molecule has 1 fully saturated rings. The average molecular weight is 585 g/mol. The van der Waals surface area contributed by atoms with E-state index in [0.717, 1.165) is 33.8 Å². The molecule has 1 saturated heterocycles. The van der Waals surface area contributed by atoms with Crippen molar-refractivity contribution in [3.8, 4) is 28.4 Å². The van der Waals surface area contributed by atoms with Gasteiger partial charge in [0.2, 0.25) is 11.8 Å². The van der Waals surface area contributed by atoms with Gasteiger partial charge in [-0.15, -0.1) is 11.8 Å². The second kappa shape index (κ2) is 12.3. The minimum Gasteiger partial charge on any atom is -0.497 e. The van der Waals surface area contributed by atoms with E-state index in [1.54, 1.807) is 28.7 Å². The lowest BCUT2D eigenvalue weighted by Gasteiger charge is -2.30. The number of carbonyl (C=O) groups is 2. The molecule has 0 bridgehead atoms. The molecule has 1 atom stereocenters. The fourth-order valence-corrected chi connectivity index (χ4v) is 6.63. The highest BCUT2D eigenvalue weighted by Gasteiger charge is 2.39. The number of thioether (sulfide) groups is 1. The van der Waals surface area contributed by atoms with Crippen molar-refractivity contribution in [2.24, 2.45) is 0 Å². The summed E-state index contributed by atoms with van der Waals surface area (Å²) in [4.78, 5) is 30.9. The van der Waals surface area contributed by atoms with Gasteiger partial charge in [-0.05, 0) is 30.3 Å². The number of morpholine rings is 1. The van der Waals surface area contributed by atoms with Crippen LogP contribution in [0.4, 0.5) is 5.82 Å². The molecule has 0 aliphatic carbocycles. The Hall–Kier alpha value is -4.28. The first-order valence-electron chi connectivity index (χ1n) is 13.8. The number of aromatic nitrogens is 2. The summed E-state index contributed by atoms with van der Waals surface area (Å²) in [6.45, 7) is 1.87. The Balaban J connectivity index is 1.59. The third kappa shape index (κ3) is 5.35. The molecule has 9 nitrogen and oxygen atoms in total. The van der Waals surface area contributed by atoms with E-state index in [0.29, 0.717) is 37.9 Å². The quantitative estimate of drug-likeness (QED) is 0.314. The van der Waals surface area contributed by atoms with Crippen LogP contribution in [0.2, 0.25) is 0 Å². The van der Waals surface area contributed by atoms with E-state index in [9.17, 15) is 9.59 Å². The molecule has 42 heavy (non-hydrogen) atoms. The first-order valence-corrected chi connectivity index (χ1v) is 14.9. The van der Waals surface area contributed by atoms with E-state index in [2.05, 4.69) is 0 Å². The summed E-state index contributed by atoms with van der Waals surface area (Å²) in [5.74, 6) is 1.91. The number of carbonyl (C=O) groups excluding carboxylic acids is 2. The molecule has 0 saturated carbocycles. The molecule has 3 aromatic carbocycles. The molecule has 2 aliphatic rings. The van der Waals surface area contributed by atoms with Gasteiger partial charge in [0.1, 0.15) is 23.9 Å². The lowest BCUT2D eigenvalue weighted by molar-refractivity contribution is -0.134. The van der Waals surface area contributed by atoms with Crippen molar-refractivity contribution in [2.45, 2.75) is 5.25 Å². The Morgan fingerprint density at radius 2 is 1.67 bits per heavy atom. The molecule has 6 rings (SSSR count). The highest BCUT2D eigenvalue weighted by Crippen LogP contribution is 2.50. The topological polar surface area (TPSA) is 86.1 Å². The second-order valence-corrected chi connectivity index (χ2v) is 11.1. The maximum Gasteiger partial charge on any atom is 0.242 e. The number of anilines is 1. The molecule has 0 radical (unpaired) electrons. The van der Waals surface area contributed by atoms with Crippen molar-refractivity contribution >= 4 is 29.4 Å². The Morgan fingerprint density at radius 1 is 0.952 bits per heavy atom. The maximum atomic E-state index is 14.0. The first-order chi connectivity index (χ1) is 20.6. The summed E-state index contributed by atoms with van der Waals surface area (Å²) in [7, 11) is 3.27. The molecule has 4 aromatic rings. The number of ether oxygens (including phenoxy) is 3. The molecule has 0 N–H and O–H groups in total. The lowest BCUT2D eigenvalue weighted by atomic mass is 9.99. The van der Waals surface area contributed by atoms with Gasteiger partial charge in [-0.3, -0.25) is 14.5 Å². The van der Waals surface area contributed by atoms with Crippen molar-refractivity contribution in [3.05, 3.63) is 90.0 Å². The van der Waals surface area contributed by atoms with Crippen LogP contribution in [0.15, 0.2) is 78.9 Å². The molecular formula is C32H32N4O5S. The fourth-order valence-electron chi connectivity index (χ4n) is 5.41. The van der Waals surface area contributed by atoms with Gasteiger partial charge in [0.15, 0.2) is 0 Å². The van der Waals surface area contributed by atoms with E-state index in [1.807, 2.05) is 78.9 Å². The molecular weight excluding hydrogens is 552 g/mol. The Morgan fingerprint density at radius 3 is 2.38 bits per heavy atom. The number of amides is 2. The van der Waals surface area contributed by atoms with Crippen LogP contribution in [-0.4, -0.2) is 79.3 Å². The van der Waals surface area contributed by atoms with Crippen LogP contribution in [0, 0.1) is 0 Å². The smallest absolute Gasteiger partial charge is 0.242 e. The highest BCUT2D eigenvalue weighted by molar-refractivity contribution is 8.00. The van der Waals surface area contributed by atoms with Gasteiger partial charge in [0.25, 0.3) is 0 Å². The maximum absolute atomic E-state index is 14.0. The van der Waals surface area contributed by atoms with E-state index < -0.39 is 0 Å². The predicted octanol–water partition coefficient (Wildman–Crippen LogP) is 4.58. The standard InChI is InChI=1S/C32H32N4O5S/c1-39-24-14-12-23(13-15-24)36-32-29(30(33-36)22-8-4-3-5-9-22)31(25-10-6-7-11-26(25)40-2)42-21-28(38)35(32)20-27(37)34-16-18-41-19-17-34/h3-15,31H,16-21H2,1-2H3/t31-/m1/s1. The SMILES string of the molecule is COc1ccc(-n2nc(-c3ccccc3)c3c2N(CC(=O)N2CCOCC2)C(=O)CS[C@@H]3c2ccccc2OC)cc1. The van der Waals surface area contributed by atoms with Gasteiger partial charge >= 0.3 is 0 Å². The monoisotopic (exact) mass is 584 g/mol. The van der Waals surface area contributed by atoms with Crippen LogP contribution < -0.4 is 14.4 Å². The van der Waals surface area contributed by atoms with Gasteiger partial charge in [0, 0.05) is 29.8 Å². The molecule has 2 aliphatic heterocycles. The van der Waals surface area contributed by atoms with Gasteiger partial charge in [-0.25, -0.2) is 4.68 Å². The Kier molecular flexibility index (Phi) is 8.16. The van der Waals surface area contributed by atoms with Crippen LogP contribution in [0.1, 0.15) is 16.4 Å². The van der Waals surface area contributed by atoms with Crippen LogP contribution in [0.3, 0.4) is 0 Å². The van der Waals surface area contributed by atoms with Gasteiger partial charge < -0.3 is 19.1 Å². The van der Waals surface area contributed by atoms with Crippen molar-refractivity contribution in [1.29, 1.82) is 0 Å². The summed E-state index contributed by atoms with van der Waals surface area (Å²) >= 11 is 1.52. The summed E-state index contributed by atoms with van der Waals surface area (Å²) in [6.07, 6.45) is 0. The molecule has 10 heteroatoms. The predicted molar refractivity (Wildman–Crippen MR) is 163 cm³/mol. The summed E-state index contributed by atoms with van der Waals surface area (Å²) in [5, 5.41) is 4.86. The van der Waals surface area contributed by atoms with Crippen molar-refractivity contribution in [3.63, 3.8) is 0 Å². The Labute approximate surface area is 249 Å². The van der Waals surface area contributed by atoms with Gasteiger partial charge in [-0.1, -0.05) is 48.5 Å². The molecule has 0 unspecified atom stereocenters. The number of hydrogen-bond acceptors (Lipinski definition) is 7. The van der Waals surface area contributed by atoms with E-state index in [4.69, 9.17) is 19.3 Å². The lowest BCUT2D eigenvalue weighted by Crippen LogP contribution is -2.48. The van der Waals surface area contributed by atoms with Gasteiger partial charge in [-0.2, -0.15) is 5.10 Å². The number of rotatable bonds is 7.